The third kappa shape index (κ3) is 3.84. The van der Waals surface area contributed by atoms with E-state index in [9.17, 15) is 10.1 Å². The Hall–Kier alpha value is -2.57. The summed E-state index contributed by atoms with van der Waals surface area (Å²) in [6.07, 6.45) is 1.64. The summed E-state index contributed by atoms with van der Waals surface area (Å²) in [5.41, 5.74) is 5.55. The number of rotatable bonds is 3. The highest BCUT2D eigenvalue weighted by atomic mass is 35.5. The van der Waals surface area contributed by atoms with Crippen molar-refractivity contribution in [2.45, 2.75) is 27.7 Å². The molecule has 0 aliphatic carbocycles. The van der Waals surface area contributed by atoms with Gasteiger partial charge in [0.2, 0.25) is 0 Å². The Kier molecular flexibility index (Phi) is 5.43. The molecule has 122 valence electrons. The molecule has 0 atom stereocenters. The average molecular weight is 339 g/mol. The van der Waals surface area contributed by atoms with E-state index in [4.69, 9.17) is 11.6 Å². The number of anilines is 1. The molecule has 0 saturated carbocycles. The molecule has 0 spiro atoms. The maximum Gasteiger partial charge on any atom is 0.266 e. The second-order valence-electron chi connectivity index (χ2n) is 5.85. The molecule has 0 bridgehead atoms. The second-order valence-corrected chi connectivity index (χ2v) is 6.26. The van der Waals surface area contributed by atoms with Crippen LogP contribution in [-0.2, 0) is 4.79 Å². The number of carbonyl (C=O) groups excluding carboxylic acids is 1. The van der Waals surface area contributed by atoms with Gasteiger partial charge in [-0.05, 0) is 68.2 Å². The lowest BCUT2D eigenvalue weighted by atomic mass is 9.98. The summed E-state index contributed by atoms with van der Waals surface area (Å²) in [6, 6.07) is 11.3. The van der Waals surface area contributed by atoms with E-state index in [2.05, 4.69) is 5.32 Å². The van der Waals surface area contributed by atoms with Crippen LogP contribution in [0, 0.1) is 39.0 Å². The Bertz CT molecular complexity index is 853. The fourth-order valence-electron chi connectivity index (χ4n) is 2.64. The summed E-state index contributed by atoms with van der Waals surface area (Å²) in [5.74, 6) is -0.442. The monoisotopic (exact) mass is 338 g/mol. The van der Waals surface area contributed by atoms with Crippen LogP contribution in [0.3, 0.4) is 0 Å². The summed E-state index contributed by atoms with van der Waals surface area (Å²) >= 11 is 6.07. The summed E-state index contributed by atoms with van der Waals surface area (Å²) in [6.45, 7) is 7.79. The Morgan fingerprint density at radius 1 is 1.17 bits per heavy atom. The fraction of sp³-hybridized carbons (Fsp3) is 0.200. The molecule has 0 aliphatic heterocycles. The Morgan fingerprint density at radius 2 is 1.79 bits per heavy atom. The second kappa shape index (κ2) is 7.33. The molecule has 24 heavy (non-hydrogen) atoms. The lowest BCUT2D eigenvalue weighted by Gasteiger charge is -2.10. The first-order valence-corrected chi connectivity index (χ1v) is 7.97. The van der Waals surface area contributed by atoms with Gasteiger partial charge in [-0.2, -0.15) is 5.26 Å². The van der Waals surface area contributed by atoms with Crippen LogP contribution < -0.4 is 5.32 Å². The van der Waals surface area contributed by atoms with E-state index in [1.54, 1.807) is 24.3 Å². The number of hydrogen-bond donors (Lipinski definition) is 1. The third-order valence-electron chi connectivity index (χ3n) is 3.91. The smallest absolute Gasteiger partial charge is 0.266 e. The van der Waals surface area contributed by atoms with Gasteiger partial charge in [0.1, 0.15) is 11.6 Å². The van der Waals surface area contributed by atoms with Crippen molar-refractivity contribution in [3.8, 4) is 6.07 Å². The number of amides is 1. The molecule has 2 aromatic rings. The minimum Gasteiger partial charge on any atom is -0.321 e. The van der Waals surface area contributed by atoms with Crippen LogP contribution in [0.15, 0.2) is 35.9 Å². The van der Waals surface area contributed by atoms with Gasteiger partial charge in [0, 0.05) is 10.7 Å². The maximum atomic E-state index is 12.5. The summed E-state index contributed by atoms with van der Waals surface area (Å²) in [4.78, 5) is 12.5. The Morgan fingerprint density at radius 3 is 2.38 bits per heavy atom. The van der Waals surface area contributed by atoms with Gasteiger partial charge in [-0.1, -0.05) is 35.4 Å². The highest BCUT2D eigenvalue weighted by Gasteiger charge is 2.13. The van der Waals surface area contributed by atoms with Crippen LogP contribution in [0.2, 0.25) is 5.02 Å². The molecule has 0 fully saturated rings. The third-order valence-corrected chi connectivity index (χ3v) is 4.32. The Labute approximate surface area is 147 Å². The molecule has 0 heterocycles. The molecular formula is C20H19ClN2O. The molecule has 2 rings (SSSR count). The summed E-state index contributed by atoms with van der Waals surface area (Å²) < 4.78 is 0. The predicted octanol–water partition coefficient (Wildman–Crippen LogP) is 5.12. The van der Waals surface area contributed by atoms with E-state index in [0.717, 1.165) is 27.8 Å². The van der Waals surface area contributed by atoms with E-state index in [0.29, 0.717) is 10.7 Å². The molecule has 1 N–H and O–H groups in total. The van der Waals surface area contributed by atoms with Crippen LogP contribution in [0.25, 0.3) is 6.08 Å². The number of nitriles is 1. The maximum absolute atomic E-state index is 12.5. The van der Waals surface area contributed by atoms with Gasteiger partial charge in [-0.25, -0.2) is 0 Å². The van der Waals surface area contributed by atoms with Gasteiger partial charge in [0.25, 0.3) is 5.91 Å². The van der Waals surface area contributed by atoms with E-state index in [1.807, 2.05) is 45.9 Å². The van der Waals surface area contributed by atoms with Gasteiger partial charge in [-0.15, -0.1) is 0 Å². The minimum absolute atomic E-state index is 0.0597. The van der Waals surface area contributed by atoms with Crippen molar-refractivity contribution in [2.24, 2.45) is 0 Å². The quantitative estimate of drug-likeness (QED) is 0.623. The molecule has 2 aromatic carbocycles. The predicted molar refractivity (Wildman–Crippen MR) is 99.1 cm³/mol. The van der Waals surface area contributed by atoms with E-state index < -0.39 is 5.91 Å². The van der Waals surface area contributed by atoms with E-state index >= 15 is 0 Å². The largest absolute Gasteiger partial charge is 0.321 e. The van der Waals surface area contributed by atoms with E-state index in [-0.39, 0.29) is 5.57 Å². The number of nitrogens with one attached hydrogen (secondary N) is 1. The Balaban J connectivity index is 2.37. The fourth-order valence-corrected chi connectivity index (χ4v) is 2.82. The molecule has 0 aromatic heterocycles. The van der Waals surface area contributed by atoms with Gasteiger partial charge >= 0.3 is 0 Å². The van der Waals surface area contributed by atoms with Crippen molar-refractivity contribution < 1.29 is 4.79 Å². The lowest BCUT2D eigenvalue weighted by Crippen LogP contribution is -2.14. The zero-order valence-electron chi connectivity index (χ0n) is 14.2. The molecule has 0 aliphatic rings. The zero-order valence-corrected chi connectivity index (χ0v) is 15.0. The van der Waals surface area contributed by atoms with Crippen molar-refractivity contribution in [1.29, 1.82) is 5.26 Å². The van der Waals surface area contributed by atoms with Crippen LogP contribution in [0.4, 0.5) is 5.69 Å². The molecule has 3 nitrogen and oxygen atoms in total. The molecule has 0 unspecified atom stereocenters. The molecule has 4 heteroatoms. The topological polar surface area (TPSA) is 52.9 Å². The van der Waals surface area contributed by atoms with Crippen molar-refractivity contribution in [3.05, 3.63) is 68.7 Å². The average Bonchev–Trinajstić information content (AvgIpc) is 2.51. The van der Waals surface area contributed by atoms with Gasteiger partial charge in [0.15, 0.2) is 0 Å². The van der Waals surface area contributed by atoms with Gasteiger partial charge < -0.3 is 5.32 Å². The van der Waals surface area contributed by atoms with Crippen LogP contribution in [-0.4, -0.2) is 5.91 Å². The molecule has 0 saturated heterocycles. The normalized spacial score (nSPS) is 11.1. The van der Waals surface area contributed by atoms with Crippen molar-refractivity contribution in [2.75, 3.05) is 5.32 Å². The number of carbonyl (C=O) groups is 1. The first-order valence-electron chi connectivity index (χ1n) is 7.59. The highest BCUT2D eigenvalue weighted by molar-refractivity contribution is 6.31. The molecular weight excluding hydrogens is 320 g/mol. The first kappa shape index (κ1) is 17.8. The zero-order chi connectivity index (χ0) is 17.9. The van der Waals surface area contributed by atoms with Crippen LogP contribution in [0.5, 0.6) is 0 Å². The summed E-state index contributed by atoms with van der Waals surface area (Å²) in [7, 11) is 0. The van der Waals surface area contributed by atoms with Crippen LogP contribution >= 0.6 is 11.6 Å². The van der Waals surface area contributed by atoms with E-state index in [1.165, 1.54) is 0 Å². The number of halogens is 1. The number of benzene rings is 2. The minimum atomic E-state index is -0.442. The molecule has 1 amide bonds. The SMILES string of the molecule is Cc1cc(C)c(/C=C(\C#N)C(=O)Nc2cccc(Cl)c2C)c(C)c1. The number of nitrogens with zero attached hydrogens (tertiary/aromatic N) is 1. The summed E-state index contributed by atoms with van der Waals surface area (Å²) in [5, 5.41) is 12.7. The van der Waals surface area contributed by atoms with Crippen molar-refractivity contribution >= 4 is 29.3 Å². The lowest BCUT2D eigenvalue weighted by molar-refractivity contribution is -0.112. The highest BCUT2D eigenvalue weighted by Crippen LogP contribution is 2.24. The number of aryl methyl sites for hydroxylation is 3. The van der Waals surface area contributed by atoms with Crippen LogP contribution in [0.1, 0.15) is 27.8 Å². The standard InChI is InChI=1S/C20H19ClN2O/c1-12-8-13(2)17(14(3)9-12)10-16(11-22)20(24)23-19-7-5-6-18(21)15(19)4/h5-10H,1-4H3,(H,23,24)/b16-10+. The number of hydrogen-bond acceptors (Lipinski definition) is 2. The van der Waals surface area contributed by atoms with Gasteiger partial charge in [0.05, 0.1) is 0 Å². The molecule has 0 radical (unpaired) electrons. The van der Waals surface area contributed by atoms with Crippen molar-refractivity contribution in [1.82, 2.24) is 0 Å². The van der Waals surface area contributed by atoms with Gasteiger partial charge in [-0.3, -0.25) is 4.79 Å². The van der Waals surface area contributed by atoms with Crippen molar-refractivity contribution in [3.63, 3.8) is 0 Å². The first-order chi connectivity index (χ1) is 11.3.